The standard InChI is InChI=1S/C10H12BrFO2S/c1-7(2)5-8-3-4-9(11)6-10(8)15(12,13)14/h3-4,6-7H,5H2,1-2H3. The van der Waals surface area contributed by atoms with E-state index in [4.69, 9.17) is 0 Å². The van der Waals surface area contributed by atoms with Crippen molar-refractivity contribution in [1.29, 1.82) is 0 Å². The van der Waals surface area contributed by atoms with Gasteiger partial charge in [0.1, 0.15) is 4.90 Å². The number of hydrogen-bond acceptors (Lipinski definition) is 2. The van der Waals surface area contributed by atoms with Gasteiger partial charge >= 0.3 is 10.2 Å². The maximum Gasteiger partial charge on any atom is 0.332 e. The zero-order valence-electron chi connectivity index (χ0n) is 8.50. The van der Waals surface area contributed by atoms with Crippen molar-refractivity contribution >= 4 is 26.2 Å². The maximum absolute atomic E-state index is 13.0. The highest BCUT2D eigenvalue weighted by Gasteiger charge is 2.18. The first kappa shape index (κ1) is 12.6. The molecule has 15 heavy (non-hydrogen) atoms. The van der Waals surface area contributed by atoms with E-state index in [2.05, 4.69) is 15.9 Å². The summed E-state index contributed by atoms with van der Waals surface area (Å²) < 4.78 is 35.3. The molecule has 0 atom stereocenters. The zero-order chi connectivity index (χ0) is 11.6. The molecule has 0 N–H and O–H groups in total. The molecule has 0 aromatic heterocycles. The van der Waals surface area contributed by atoms with E-state index in [0.717, 1.165) is 0 Å². The van der Waals surface area contributed by atoms with Crippen molar-refractivity contribution < 1.29 is 12.3 Å². The van der Waals surface area contributed by atoms with Gasteiger partial charge in [0.15, 0.2) is 0 Å². The average Bonchev–Trinajstić information content (AvgIpc) is 2.05. The fourth-order valence-electron chi connectivity index (χ4n) is 1.36. The van der Waals surface area contributed by atoms with Gasteiger partial charge in [-0.2, -0.15) is 8.42 Å². The lowest BCUT2D eigenvalue weighted by Crippen LogP contribution is -2.02. The van der Waals surface area contributed by atoms with Crippen molar-refractivity contribution in [3.63, 3.8) is 0 Å². The first-order valence-electron chi connectivity index (χ1n) is 4.54. The van der Waals surface area contributed by atoms with E-state index in [-0.39, 0.29) is 10.8 Å². The second-order valence-electron chi connectivity index (χ2n) is 3.79. The van der Waals surface area contributed by atoms with Gasteiger partial charge in [0.2, 0.25) is 0 Å². The predicted molar refractivity (Wildman–Crippen MR) is 61.0 cm³/mol. The summed E-state index contributed by atoms with van der Waals surface area (Å²) in [5, 5.41) is 0. The zero-order valence-corrected chi connectivity index (χ0v) is 10.9. The Morgan fingerprint density at radius 3 is 2.47 bits per heavy atom. The van der Waals surface area contributed by atoms with Gasteiger partial charge in [-0.15, -0.1) is 3.89 Å². The first-order chi connectivity index (χ1) is 6.80. The van der Waals surface area contributed by atoms with Crippen LogP contribution in [0.1, 0.15) is 19.4 Å². The Morgan fingerprint density at radius 2 is 2.00 bits per heavy atom. The van der Waals surface area contributed by atoms with Gasteiger partial charge in [0.25, 0.3) is 0 Å². The van der Waals surface area contributed by atoms with Crippen LogP contribution >= 0.6 is 15.9 Å². The summed E-state index contributed by atoms with van der Waals surface area (Å²) in [7, 11) is -4.63. The van der Waals surface area contributed by atoms with Gasteiger partial charge in [-0.25, -0.2) is 0 Å². The normalized spacial score (nSPS) is 12.1. The largest absolute Gasteiger partial charge is 0.332 e. The molecule has 5 heteroatoms. The molecule has 0 fully saturated rings. The summed E-state index contributed by atoms with van der Waals surface area (Å²) in [5.41, 5.74) is 0.524. The van der Waals surface area contributed by atoms with Gasteiger partial charge in [0.05, 0.1) is 0 Å². The summed E-state index contributed by atoms with van der Waals surface area (Å²) in [5.74, 6) is 0.284. The summed E-state index contributed by atoms with van der Waals surface area (Å²) in [6.07, 6.45) is 0.547. The fourth-order valence-corrected chi connectivity index (χ4v) is 2.61. The molecular weight excluding hydrogens is 283 g/mol. The molecule has 2 nitrogen and oxygen atoms in total. The smallest absolute Gasteiger partial charge is 0.189 e. The second-order valence-corrected chi connectivity index (χ2v) is 6.02. The number of halogens is 2. The summed E-state index contributed by atoms with van der Waals surface area (Å²) in [6.45, 7) is 3.91. The second kappa shape index (κ2) is 4.61. The maximum atomic E-state index is 13.0. The summed E-state index contributed by atoms with van der Waals surface area (Å²) >= 11 is 3.12. The molecule has 1 aromatic carbocycles. The van der Waals surface area contributed by atoms with Gasteiger partial charge < -0.3 is 0 Å². The molecular formula is C10H12BrFO2S. The number of benzene rings is 1. The van der Waals surface area contributed by atoms with Gasteiger partial charge in [-0.3, -0.25) is 0 Å². The van der Waals surface area contributed by atoms with Crippen LogP contribution in [0.2, 0.25) is 0 Å². The Hall–Kier alpha value is -0.420. The monoisotopic (exact) mass is 294 g/mol. The van der Waals surface area contributed by atoms with Gasteiger partial charge in [0, 0.05) is 4.47 Å². The van der Waals surface area contributed by atoms with Gasteiger partial charge in [-0.05, 0) is 30.0 Å². The van der Waals surface area contributed by atoms with Crippen molar-refractivity contribution in [3.8, 4) is 0 Å². The van der Waals surface area contributed by atoms with Crippen molar-refractivity contribution in [3.05, 3.63) is 28.2 Å². The van der Waals surface area contributed by atoms with Crippen molar-refractivity contribution in [1.82, 2.24) is 0 Å². The topological polar surface area (TPSA) is 34.1 Å². The molecule has 0 aliphatic heterocycles. The first-order valence-corrected chi connectivity index (χ1v) is 6.71. The van der Waals surface area contributed by atoms with E-state index in [1.807, 2.05) is 13.8 Å². The highest BCUT2D eigenvalue weighted by atomic mass is 79.9. The van der Waals surface area contributed by atoms with Crippen LogP contribution in [0.25, 0.3) is 0 Å². The van der Waals surface area contributed by atoms with Crippen molar-refractivity contribution in [2.45, 2.75) is 25.2 Å². The lowest BCUT2D eigenvalue weighted by Gasteiger charge is -2.08. The van der Waals surface area contributed by atoms with Crippen LogP contribution in [0, 0.1) is 5.92 Å². The molecule has 0 heterocycles. The molecule has 0 spiro atoms. The Balaban J connectivity index is 3.27. The Kier molecular flexibility index (Phi) is 3.89. The minimum absolute atomic E-state index is 0.231. The lowest BCUT2D eigenvalue weighted by molar-refractivity contribution is 0.548. The molecule has 0 saturated carbocycles. The molecule has 84 valence electrons. The third-order valence-corrected chi connectivity index (χ3v) is 3.32. The summed E-state index contributed by atoms with van der Waals surface area (Å²) in [6, 6.07) is 4.65. The summed E-state index contributed by atoms with van der Waals surface area (Å²) in [4.78, 5) is -0.231. The SMILES string of the molecule is CC(C)Cc1ccc(Br)cc1S(=O)(=O)F. The Labute approximate surface area is 97.8 Å². The Morgan fingerprint density at radius 1 is 1.40 bits per heavy atom. The van der Waals surface area contributed by atoms with Crippen LogP contribution in [0.4, 0.5) is 3.89 Å². The van der Waals surface area contributed by atoms with E-state index in [9.17, 15) is 12.3 Å². The van der Waals surface area contributed by atoms with Crippen LogP contribution < -0.4 is 0 Å². The lowest BCUT2D eigenvalue weighted by atomic mass is 10.0. The van der Waals surface area contributed by atoms with E-state index in [0.29, 0.717) is 16.5 Å². The van der Waals surface area contributed by atoms with E-state index in [1.54, 1.807) is 12.1 Å². The molecule has 1 aromatic rings. The molecule has 0 bridgehead atoms. The van der Waals surface area contributed by atoms with Crippen LogP contribution in [0.15, 0.2) is 27.6 Å². The minimum Gasteiger partial charge on any atom is -0.189 e. The van der Waals surface area contributed by atoms with Crippen LogP contribution in [-0.2, 0) is 16.6 Å². The Bertz CT molecular complexity index is 454. The van der Waals surface area contributed by atoms with E-state index >= 15 is 0 Å². The van der Waals surface area contributed by atoms with Crippen LogP contribution in [0.3, 0.4) is 0 Å². The van der Waals surface area contributed by atoms with E-state index in [1.165, 1.54) is 6.07 Å². The highest BCUT2D eigenvalue weighted by Crippen LogP contribution is 2.24. The highest BCUT2D eigenvalue weighted by molar-refractivity contribution is 9.10. The van der Waals surface area contributed by atoms with Crippen LogP contribution in [-0.4, -0.2) is 8.42 Å². The molecule has 1 rings (SSSR count). The van der Waals surface area contributed by atoms with E-state index < -0.39 is 10.2 Å². The molecule has 0 aliphatic rings. The van der Waals surface area contributed by atoms with Gasteiger partial charge in [-0.1, -0.05) is 35.8 Å². The molecule has 0 unspecified atom stereocenters. The van der Waals surface area contributed by atoms with Crippen molar-refractivity contribution in [2.75, 3.05) is 0 Å². The fraction of sp³-hybridized carbons (Fsp3) is 0.400. The predicted octanol–water partition coefficient (Wildman–Crippen LogP) is 3.31. The molecule has 0 aliphatic carbocycles. The molecule has 0 amide bonds. The van der Waals surface area contributed by atoms with Crippen molar-refractivity contribution in [2.24, 2.45) is 5.92 Å². The molecule has 0 radical (unpaired) electrons. The quantitative estimate of drug-likeness (QED) is 0.802. The third-order valence-electron chi connectivity index (χ3n) is 1.92. The number of rotatable bonds is 3. The molecule has 0 saturated heterocycles. The van der Waals surface area contributed by atoms with Crippen LogP contribution in [0.5, 0.6) is 0 Å². The average molecular weight is 295 g/mol. The third kappa shape index (κ3) is 3.57. The minimum atomic E-state index is -4.63. The number of hydrogen-bond donors (Lipinski definition) is 0.